The molecular formula is C28H25N5OS2. The van der Waals surface area contributed by atoms with Crippen LogP contribution in [0.3, 0.4) is 0 Å². The van der Waals surface area contributed by atoms with Gasteiger partial charge < -0.3 is 5.32 Å². The number of para-hydroxylation sites is 1. The Morgan fingerprint density at radius 1 is 0.861 bits per heavy atom. The summed E-state index contributed by atoms with van der Waals surface area (Å²) >= 11 is 3.06. The molecule has 0 fully saturated rings. The van der Waals surface area contributed by atoms with Crippen LogP contribution in [0.4, 0.5) is 0 Å². The summed E-state index contributed by atoms with van der Waals surface area (Å²) < 4.78 is 2.10. The Kier molecular flexibility index (Phi) is 7.85. The maximum atomic E-state index is 12.5. The molecule has 0 aliphatic carbocycles. The van der Waals surface area contributed by atoms with Crippen LogP contribution in [-0.2, 0) is 18.6 Å². The number of amides is 1. The van der Waals surface area contributed by atoms with E-state index in [2.05, 4.69) is 61.5 Å². The number of aromatic nitrogens is 4. The lowest BCUT2D eigenvalue weighted by Crippen LogP contribution is -2.26. The van der Waals surface area contributed by atoms with Gasteiger partial charge in [0.05, 0.1) is 5.75 Å². The van der Waals surface area contributed by atoms with Crippen molar-refractivity contribution in [3.63, 3.8) is 0 Å². The fourth-order valence-corrected chi connectivity index (χ4v) is 5.55. The van der Waals surface area contributed by atoms with Gasteiger partial charge in [-0.3, -0.25) is 9.36 Å². The highest BCUT2D eigenvalue weighted by molar-refractivity contribution is 7.98. The molecule has 8 heteroatoms. The second-order valence-corrected chi connectivity index (χ2v) is 10.0. The van der Waals surface area contributed by atoms with Gasteiger partial charge in [-0.15, -0.1) is 21.5 Å². The van der Waals surface area contributed by atoms with Crippen LogP contribution in [-0.4, -0.2) is 32.2 Å². The molecule has 3 aromatic carbocycles. The van der Waals surface area contributed by atoms with Crippen LogP contribution in [0.5, 0.6) is 0 Å². The first-order valence-electron chi connectivity index (χ1n) is 11.7. The predicted molar refractivity (Wildman–Crippen MR) is 145 cm³/mol. The highest BCUT2D eigenvalue weighted by atomic mass is 32.2. The Hall–Kier alpha value is -3.75. The van der Waals surface area contributed by atoms with Gasteiger partial charge in [0.2, 0.25) is 0 Å². The third-order valence-electron chi connectivity index (χ3n) is 5.57. The van der Waals surface area contributed by atoms with Crippen molar-refractivity contribution in [2.75, 3.05) is 6.54 Å². The van der Waals surface area contributed by atoms with E-state index in [4.69, 9.17) is 0 Å². The molecule has 1 N–H and O–H groups in total. The lowest BCUT2D eigenvalue weighted by molar-refractivity contribution is 0.0949. The zero-order valence-corrected chi connectivity index (χ0v) is 21.2. The lowest BCUT2D eigenvalue weighted by atomic mass is 10.1. The van der Waals surface area contributed by atoms with E-state index in [1.807, 2.05) is 60.0 Å². The standard InChI is InChI=1S/C28H25N5OS2/c34-27(29-17-16-21-10-4-1-5-11-21)24-19-35-26(30-24)20-36-28-32-31-25(18-22-12-6-2-7-13-22)33(28)23-14-8-3-9-15-23/h1-15,19H,16-18,20H2,(H,29,34). The van der Waals surface area contributed by atoms with Gasteiger partial charge in [-0.05, 0) is 29.7 Å². The normalized spacial score (nSPS) is 10.9. The maximum absolute atomic E-state index is 12.5. The number of carbonyl (C=O) groups is 1. The molecule has 5 aromatic rings. The minimum absolute atomic E-state index is 0.143. The van der Waals surface area contributed by atoms with Crippen LogP contribution in [0.1, 0.15) is 32.4 Å². The van der Waals surface area contributed by atoms with E-state index in [9.17, 15) is 4.79 Å². The molecule has 0 unspecified atom stereocenters. The van der Waals surface area contributed by atoms with E-state index in [0.717, 1.165) is 28.1 Å². The molecule has 0 saturated carbocycles. The molecule has 1 amide bonds. The number of carbonyl (C=O) groups excluding carboxylic acids is 1. The van der Waals surface area contributed by atoms with Gasteiger partial charge in [0, 0.05) is 24.0 Å². The number of thiazole rings is 1. The Bertz CT molecular complexity index is 1400. The number of hydrogen-bond acceptors (Lipinski definition) is 6. The molecule has 0 radical (unpaired) electrons. The fraction of sp³-hybridized carbons (Fsp3) is 0.143. The number of nitrogens with one attached hydrogen (secondary N) is 1. The smallest absolute Gasteiger partial charge is 0.270 e. The summed E-state index contributed by atoms with van der Waals surface area (Å²) in [4.78, 5) is 17.1. The summed E-state index contributed by atoms with van der Waals surface area (Å²) in [6, 6.07) is 30.5. The van der Waals surface area contributed by atoms with Crippen molar-refractivity contribution in [1.82, 2.24) is 25.1 Å². The summed E-state index contributed by atoms with van der Waals surface area (Å²) in [6.07, 6.45) is 1.48. The van der Waals surface area contributed by atoms with Crippen molar-refractivity contribution in [3.05, 3.63) is 124 Å². The predicted octanol–water partition coefficient (Wildman–Crippen LogP) is 5.58. The third kappa shape index (κ3) is 6.08. The Balaban J connectivity index is 1.24. The zero-order chi connectivity index (χ0) is 24.6. The van der Waals surface area contributed by atoms with Crippen molar-refractivity contribution in [1.29, 1.82) is 0 Å². The molecule has 180 valence electrons. The van der Waals surface area contributed by atoms with Crippen LogP contribution < -0.4 is 5.32 Å². The maximum Gasteiger partial charge on any atom is 0.270 e. The second-order valence-electron chi connectivity index (χ2n) is 8.14. The van der Waals surface area contributed by atoms with Crippen molar-refractivity contribution < 1.29 is 4.79 Å². The molecule has 5 rings (SSSR count). The number of hydrogen-bond donors (Lipinski definition) is 1. The van der Waals surface area contributed by atoms with Crippen molar-refractivity contribution >= 4 is 29.0 Å². The number of rotatable bonds is 10. The van der Waals surface area contributed by atoms with Gasteiger partial charge in [-0.25, -0.2) is 4.98 Å². The van der Waals surface area contributed by atoms with Gasteiger partial charge in [-0.2, -0.15) is 0 Å². The van der Waals surface area contributed by atoms with E-state index < -0.39 is 0 Å². The molecule has 0 spiro atoms. The summed E-state index contributed by atoms with van der Waals surface area (Å²) in [7, 11) is 0. The first-order valence-corrected chi connectivity index (χ1v) is 13.6. The Labute approximate surface area is 218 Å². The van der Waals surface area contributed by atoms with Gasteiger partial charge in [-0.1, -0.05) is 90.6 Å². The number of benzene rings is 3. The molecule has 0 saturated heterocycles. The highest BCUT2D eigenvalue weighted by Crippen LogP contribution is 2.27. The van der Waals surface area contributed by atoms with E-state index >= 15 is 0 Å². The van der Waals surface area contributed by atoms with Crippen LogP contribution in [0.2, 0.25) is 0 Å². The van der Waals surface area contributed by atoms with E-state index in [0.29, 0.717) is 24.4 Å². The number of thioether (sulfide) groups is 1. The summed E-state index contributed by atoms with van der Waals surface area (Å²) in [5.74, 6) is 1.35. The third-order valence-corrected chi connectivity index (χ3v) is 7.54. The molecular weight excluding hydrogens is 486 g/mol. The molecule has 6 nitrogen and oxygen atoms in total. The average Bonchev–Trinajstić information content (AvgIpc) is 3.56. The summed E-state index contributed by atoms with van der Waals surface area (Å²) in [6.45, 7) is 0.578. The molecule has 2 aromatic heterocycles. The second kappa shape index (κ2) is 11.8. The number of nitrogens with zero attached hydrogens (tertiary/aromatic N) is 4. The SMILES string of the molecule is O=C(NCCc1ccccc1)c1csc(CSc2nnc(Cc3ccccc3)n2-c2ccccc2)n1. The van der Waals surface area contributed by atoms with E-state index in [-0.39, 0.29) is 5.91 Å². The highest BCUT2D eigenvalue weighted by Gasteiger charge is 2.17. The van der Waals surface area contributed by atoms with Crippen LogP contribution in [0, 0.1) is 0 Å². The molecule has 0 bridgehead atoms. The van der Waals surface area contributed by atoms with Gasteiger partial charge >= 0.3 is 0 Å². The van der Waals surface area contributed by atoms with Crippen LogP contribution >= 0.6 is 23.1 Å². The Morgan fingerprint density at radius 3 is 2.25 bits per heavy atom. The van der Waals surface area contributed by atoms with E-state index in [1.165, 1.54) is 22.5 Å². The minimum atomic E-state index is -0.143. The zero-order valence-electron chi connectivity index (χ0n) is 19.6. The monoisotopic (exact) mass is 511 g/mol. The molecule has 36 heavy (non-hydrogen) atoms. The summed E-state index contributed by atoms with van der Waals surface area (Å²) in [5, 5.41) is 15.4. The molecule has 2 heterocycles. The quantitative estimate of drug-likeness (QED) is 0.248. The summed E-state index contributed by atoms with van der Waals surface area (Å²) in [5.41, 5.74) is 3.86. The van der Waals surface area contributed by atoms with Gasteiger partial charge in [0.25, 0.3) is 5.91 Å². The average molecular weight is 512 g/mol. The van der Waals surface area contributed by atoms with Crippen molar-refractivity contribution in [2.24, 2.45) is 0 Å². The van der Waals surface area contributed by atoms with Crippen molar-refractivity contribution in [2.45, 2.75) is 23.8 Å². The van der Waals surface area contributed by atoms with Gasteiger partial charge in [0.15, 0.2) is 5.16 Å². The molecule has 0 aliphatic heterocycles. The van der Waals surface area contributed by atoms with Crippen molar-refractivity contribution in [3.8, 4) is 5.69 Å². The fourth-order valence-electron chi connectivity index (χ4n) is 3.79. The topological polar surface area (TPSA) is 72.7 Å². The largest absolute Gasteiger partial charge is 0.350 e. The minimum Gasteiger partial charge on any atom is -0.350 e. The molecule has 0 atom stereocenters. The first kappa shape index (κ1) is 24.0. The van der Waals surface area contributed by atoms with Crippen LogP contribution in [0.25, 0.3) is 5.69 Å². The Morgan fingerprint density at radius 2 is 1.53 bits per heavy atom. The molecule has 0 aliphatic rings. The van der Waals surface area contributed by atoms with Gasteiger partial charge in [0.1, 0.15) is 16.5 Å². The van der Waals surface area contributed by atoms with E-state index in [1.54, 1.807) is 11.8 Å². The first-order chi connectivity index (χ1) is 17.8. The van der Waals surface area contributed by atoms with Crippen LogP contribution in [0.15, 0.2) is 102 Å². The lowest BCUT2D eigenvalue weighted by Gasteiger charge is -2.10.